The van der Waals surface area contributed by atoms with E-state index in [-0.39, 0.29) is 12.6 Å². The maximum atomic E-state index is 5.47. The van der Waals surface area contributed by atoms with E-state index in [2.05, 4.69) is 0 Å². The normalized spacial score (nSPS) is 12.5. The van der Waals surface area contributed by atoms with Crippen LogP contribution < -0.4 is 0 Å². The van der Waals surface area contributed by atoms with Crippen LogP contribution in [0.15, 0.2) is 24.3 Å². The van der Waals surface area contributed by atoms with Gasteiger partial charge in [-0.3, -0.25) is 0 Å². The zero-order valence-corrected chi connectivity index (χ0v) is 12.3. The van der Waals surface area contributed by atoms with Crippen molar-refractivity contribution in [1.29, 1.82) is 0 Å². The Morgan fingerprint density at radius 3 is 1.37 bits per heavy atom. The lowest BCUT2D eigenvalue weighted by molar-refractivity contribution is -0.0669. The van der Waals surface area contributed by atoms with Crippen molar-refractivity contribution < 1.29 is 23.7 Å². The van der Waals surface area contributed by atoms with Crippen molar-refractivity contribution in [3.8, 4) is 0 Å². The minimum Gasteiger partial charge on any atom is -0.381 e. The first-order valence-corrected chi connectivity index (χ1v) is 6.30. The van der Waals surface area contributed by atoms with Crippen molar-refractivity contribution in [3.05, 3.63) is 24.3 Å². The summed E-state index contributed by atoms with van der Waals surface area (Å²) in [5.41, 5.74) is 0. The number of methoxy groups -OCH3 is 4. The summed E-state index contributed by atoms with van der Waals surface area (Å²) in [5.74, 6) is 0. The van der Waals surface area contributed by atoms with Crippen LogP contribution in [0.25, 0.3) is 0 Å². The van der Waals surface area contributed by atoms with Crippen molar-refractivity contribution in [2.45, 2.75) is 25.4 Å². The van der Waals surface area contributed by atoms with Crippen LogP contribution in [0, 0.1) is 0 Å². The van der Waals surface area contributed by atoms with Gasteiger partial charge in [-0.05, 0) is 25.0 Å². The molecule has 0 aromatic heterocycles. The minimum absolute atomic E-state index is 0.275. The molecule has 0 aliphatic rings. The summed E-state index contributed by atoms with van der Waals surface area (Å²) >= 11 is 0. The highest BCUT2D eigenvalue weighted by atomic mass is 16.7. The van der Waals surface area contributed by atoms with E-state index in [4.69, 9.17) is 23.7 Å². The summed E-state index contributed by atoms with van der Waals surface area (Å²) in [6.45, 7) is 1.37. The SMILES string of the molecule is COC(/C=C\CCOCC/C=C\C(OC)OC)OC. The molecule has 19 heavy (non-hydrogen) atoms. The Bertz CT molecular complexity index is 208. The van der Waals surface area contributed by atoms with Gasteiger partial charge in [-0.2, -0.15) is 0 Å². The quantitative estimate of drug-likeness (QED) is 0.310. The monoisotopic (exact) mass is 274 g/mol. The molecule has 5 heteroatoms. The van der Waals surface area contributed by atoms with E-state index in [0.717, 1.165) is 12.8 Å². The lowest BCUT2D eigenvalue weighted by Crippen LogP contribution is -2.09. The number of hydrogen-bond donors (Lipinski definition) is 0. The summed E-state index contributed by atoms with van der Waals surface area (Å²) in [4.78, 5) is 0. The molecule has 0 aliphatic heterocycles. The lowest BCUT2D eigenvalue weighted by atomic mass is 10.3. The summed E-state index contributed by atoms with van der Waals surface area (Å²) < 4.78 is 25.5. The van der Waals surface area contributed by atoms with Crippen LogP contribution in [0.1, 0.15) is 12.8 Å². The summed E-state index contributed by atoms with van der Waals surface area (Å²) in [6, 6.07) is 0. The first-order chi connectivity index (χ1) is 9.28. The fraction of sp³-hybridized carbons (Fsp3) is 0.714. The number of rotatable bonds is 12. The molecule has 0 aromatic rings. The maximum absolute atomic E-state index is 5.47. The standard InChI is InChI=1S/C14H26O5/c1-15-13(16-2)9-5-7-11-19-12-8-6-10-14(17-3)18-4/h5-6,9-10,13-14H,7-8,11-12H2,1-4H3/b9-5-,10-6-. The van der Waals surface area contributed by atoms with Gasteiger partial charge in [-0.15, -0.1) is 0 Å². The number of hydrogen-bond acceptors (Lipinski definition) is 5. The van der Waals surface area contributed by atoms with Gasteiger partial charge in [-0.25, -0.2) is 0 Å². The van der Waals surface area contributed by atoms with Crippen molar-refractivity contribution in [2.75, 3.05) is 41.7 Å². The lowest BCUT2D eigenvalue weighted by Gasteiger charge is -2.07. The van der Waals surface area contributed by atoms with Crippen molar-refractivity contribution >= 4 is 0 Å². The van der Waals surface area contributed by atoms with Gasteiger partial charge in [-0.1, -0.05) is 12.2 Å². The molecule has 112 valence electrons. The molecule has 0 spiro atoms. The third-order valence-corrected chi connectivity index (χ3v) is 2.37. The molecule has 0 saturated heterocycles. The fourth-order valence-electron chi connectivity index (χ4n) is 1.33. The first-order valence-electron chi connectivity index (χ1n) is 6.30. The van der Waals surface area contributed by atoms with E-state index in [1.54, 1.807) is 28.4 Å². The number of ether oxygens (including phenoxy) is 5. The summed E-state index contributed by atoms with van der Waals surface area (Å²) in [6.07, 6.45) is 8.83. The molecular formula is C14H26O5. The second kappa shape index (κ2) is 13.7. The highest BCUT2D eigenvalue weighted by Crippen LogP contribution is 1.97. The zero-order chi connectivity index (χ0) is 14.3. The van der Waals surface area contributed by atoms with Gasteiger partial charge in [0.25, 0.3) is 0 Å². The molecule has 0 rings (SSSR count). The van der Waals surface area contributed by atoms with Crippen LogP contribution in [-0.4, -0.2) is 54.2 Å². The van der Waals surface area contributed by atoms with Gasteiger partial charge in [0.15, 0.2) is 12.6 Å². The van der Waals surface area contributed by atoms with Gasteiger partial charge < -0.3 is 23.7 Å². The molecule has 0 fully saturated rings. The van der Waals surface area contributed by atoms with Gasteiger partial charge in [0, 0.05) is 28.4 Å². The van der Waals surface area contributed by atoms with Gasteiger partial charge in [0.2, 0.25) is 0 Å². The smallest absolute Gasteiger partial charge is 0.176 e. The van der Waals surface area contributed by atoms with E-state index in [0.29, 0.717) is 13.2 Å². The van der Waals surface area contributed by atoms with Crippen LogP contribution in [0.4, 0.5) is 0 Å². The van der Waals surface area contributed by atoms with Crippen LogP contribution in [0.3, 0.4) is 0 Å². The Balaban J connectivity index is 3.45. The second-order valence-electron chi connectivity index (χ2n) is 3.73. The fourth-order valence-corrected chi connectivity index (χ4v) is 1.33. The Kier molecular flexibility index (Phi) is 13.2. The molecule has 0 aromatic carbocycles. The molecule has 0 heterocycles. The predicted octanol–water partition coefficient (Wildman–Crippen LogP) is 2.13. The van der Waals surface area contributed by atoms with E-state index in [1.807, 2.05) is 24.3 Å². The van der Waals surface area contributed by atoms with Crippen LogP contribution in [0.2, 0.25) is 0 Å². The van der Waals surface area contributed by atoms with Gasteiger partial charge in [0.1, 0.15) is 0 Å². The van der Waals surface area contributed by atoms with E-state index in [9.17, 15) is 0 Å². The van der Waals surface area contributed by atoms with Crippen molar-refractivity contribution in [3.63, 3.8) is 0 Å². The first kappa shape index (κ1) is 18.3. The van der Waals surface area contributed by atoms with Crippen molar-refractivity contribution in [2.24, 2.45) is 0 Å². The third kappa shape index (κ3) is 10.9. The Morgan fingerprint density at radius 1 is 0.684 bits per heavy atom. The van der Waals surface area contributed by atoms with Crippen molar-refractivity contribution in [1.82, 2.24) is 0 Å². The molecule has 0 amide bonds. The average Bonchev–Trinajstić information content (AvgIpc) is 2.45. The van der Waals surface area contributed by atoms with Crippen LogP contribution >= 0.6 is 0 Å². The largest absolute Gasteiger partial charge is 0.381 e. The summed E-state index contributed by atoms with van der Waals surface area (Å²) in [5, 5.41) is 0. The second-order valence-corrected chi connectivity index (χ2v) is 3.73. The van der Waals surface area contributed by atoms with Gasteiger partial charge >= 0.3 is 0 Å². The predicted molar refractivity (Wildman–Crippen MR) is 73.9 cm³/mol. The highest BCUT2D eigenvalue weighted by Gasteiger charge is 1.97. The molecular weight excluding hydrogens is 248 g/mol. The molecule has 0 bridgehead atoms. The van der Waals surface area contributed by atoms with Crippen LogP contribution in [0.5, 0.6) is 0 Å². The molecule has 0 radical (unpaired) electrons. The maximum Gasteiger partial charge on any atom is 0.176 e. The molecule has 0 unspecified atom stereocenters. The van der Waals surface area contributed by atoms with Gasteiger partial charge in [0.05, 0.1) is 13.2 Å². The topological polar surface area (TPSA) is 46.2 Å². The Hall–Kier alpha value is -0.720. The van der Waals surface area contributed by atoms with E-state index >= 15 is 0 Å². The third-order valence-electron chi connectivity index (χ3n) is 2.37. The molecule has 0 aliphatic carbocycles. The Morgan fingerprint density at radius 2 is 1.05 bits per heavy atom. The Labute approximate surface area is 116 Å². The molecule has 0 atom stereocenters. The minimum atomic E-state index is -0.275. The average molecular weight is 274 g/mol. The van der Waals surface area contributed by atoms with E-state index < -0.39 is 0 Å². The van der Waals surface area contributed by atoms with E-state index in [1.165, 1.54) is 0 Å². The molecule has 5 nitrogen and oxygen atoms in total. The highest BCUT2D eigenvalue weighted by molar-refractivity contribution is 4.86. The molecule has 0 saturated carbocycles. The summed E-state index contributed by atoms with van der Waals surface area (Å²) in [7, 11) is 6.42. The molecule has 0 N–H and O–H groups in total. The zero-order valence-electron chi connectivity index (χ0n) is 12.3. The van der Waals surface area contributed by atoms with Crippen LogP contribution in [-0.2, 0) is 23.7 Å².